The maximum atomic E-state index is 14.5. The van der Waals surface area contributed by atoms with Gasteiger partial charge in [-0.1, -0.05) is 6.08 Å². The lowest BCUT2D eigenvalue weighted by Gasteiger charge is -2.41. The fourth-order valence-corrected chi connectivity index (χ4v) is 4.11. The van der Waals surface area contributed by atoms with Gasteiger partial charge in [0.1, 0.15) is 0 Å². The Labute approximate surface area is 182 Å². The number of carbonyl (C=O) groups excluding carboxylic acids is 1. The van der Waals surface area contributed by atoms with Crippen molar-refractivity contribution in [3.8, 4) is 0 Å². The first kappa shape index (κ1) is 21.3. The molecule has 0 spiro atoms. The van der Waals surface area contributed by atoms with Crippen molar-refractivity contribution < 1.29 is 9.18 Å². The first-order valence-electron chi connectivity index (χ1n) is 10.7. The summed E-state index contributed by atoms with van der Waals surface area (Å²) in [5, 5.41) is 0. The van der Waals surface area contributed by atoms with Gasteiger partial charge in [0.2, 0.25) is 0 Å². The molecule has 31 heavy (non-hydrogen) atoms. The Morgan fingerprint density at radius 3 is 2.77 bits per heavy atom. The summed E-state index contributed by atoms with van der Waals surface area (Å²) >= 11 is 0. The fraction of sp³-hybridized carbons (Fsp3) is 0.417. The number of rotatable bonds is 3. The first-order valence-corrected chi connectivity index (χ1v) is 10.7. The summed E-state index contributed by atoms with van der Waals surface area (Å²) in [5.41, 5.74) is 3.47. The van der Waals surface area contributed by atoms with E-state index in [2.05, 4.69) is 40.9 Å². The van der Waals surface area contributed by atoms with Crippen molar-refractivity contribution in [2.75, 3.05) is 26.7 Å². The SMILES string of the molecule is C/C(=C\C(=O)N1C=C(N2CCN(C)[C@@H](C)C2)C=CC1C)c1cc(F)c2nc(C)cn2c1. The summed E-state index contributed by atoms with van der Waals surface area (Å²) in [6.07, 6.45) is 11.3. The van der Waals surface area contributed by atoms with Crippen molar-refractivity contribution in [3.05, 3.63) is 65.7 Å². The van der Waals surface area contributed by atoms with Crippen molar-refractivity contribution in [1.29, 1.82) is 0 Å². The molecule has 0 bridgehead atoms. The molecule has 1 fully saturated rings. The molecule has 0 N–H and O–H groups in total. The quantitative estimate of drug-likeness (QED) is 0.710. The minimum absolute atomic E-state index is 0.0410. The van der Waals surface area contributed by atoms with Crippen LogP contribution in [0.2, 0.25) is 0 Å². The van der Waals surface area contributed by atoms with E-state index in [0.29, 0.717) is 22.8 Å². The average Bonchev–Trinajstić information content (AvgIpc) is 3.11. The van der Waals surface area contributed by atoms with Crippen LogP contribution < -0.4 is 0 Å². The normalized spacial score (nSPS) is 22.9. The number of fused-ring (bicyclic) bond motifs is 1. The highest BCUT2D eigenvalue weighted by molar-refractivity contribution is 5.96. The number of piperazine rings is 1. The second-order valence-electron chi connectivity index (χ2n) is 8.69. The molecule has 2 aliphatic rings. The summed E-state index contributed by atoms with van der Waals surface area (Å²) in [6.45, 7) is 10.7. The number of amides is 1. The van der Waals surface area contributed by atoms with Gasteiger partial charge in [-0.2, -0.15) is 0 Å². The molecular formula is C24H30FN5O. The summed E-state index contributed by atoms with van der Waals surface area (Å²) in [6, 6.07) is 1.86. The number of hydrogen-bond acceptors (Lipinski definition) is 4. The van der Waals surface area contributed by atoms with E-state index in [4.69, 9.17) is 0 Å². The van der Waals surface area contributed by atoms with Crippen LogP contribution in [0, 0.1) is 12.7 Å². The zero-order chi connectivity index (χ0) is 22.3. The van der Waals surface area contributed by atoms with E-state index in [1.54, 1.807) is 21.6 Å². The van der Waals surface area contributed by atoms with Gasteiger partial charge in [0.15, 0.2) is 11.5 Å². The van der Waals surface area contributed by atoms with Crippen molar-refractivity contribution in [2.45, 2.75) is 39.8 Å². The number of imidazole rings is 1. The highest BCUT2D eigenvalue weighted by Crippen LogP contribution is 2.23. The molecule has 2 atom stereocenters. The Kier molecular flexibility index (Phi) is 5.71. The number of aryl methyl sites for hydroxylation is 1. The smallest absolute Gasteiger partial charge is 0.251 e. The predicted octanol–water partition coefficient (Wildman–Crippen LogP) is 3.45. The lowest BCUT2D eigenvalue weighted by molar-refractivity contribution is -0.124. The number of hydrogen-bond donors (Lipinski definition) is 0. The molecule has 0 saturated carbocycles. The average molecular weight is 424 g/mol. The van der Waals surface area contributed by atoms with E-state index in [-0.39, 0.29) is 11.9 Å². The molecule has 4 rings (SSSR count). The summed E-state index contributed by atoms with van der Waals surface area (Å²) in [4.78, 5) is 23.7. The molecule has 2 aliphatic heterocycles. The van der Waals surface area contributed by atoms with Crippen molar-refractivity contribution in [1.82, 2.24) is 24.1 Å². The summed E-state index contributed by atoms with van der Waals surface area (Å²) in [5.74, 6) is -0.511. The molecule has 0 aromatic carbocycles. The predicted molar refractivity (Wildman–Crippen MR) is 121 cm³/mol. The zero-order valence-corrected chi connectivity index (χ0v) is 18.8. The number of aromatic nitrogens is 2. The van der Waals surface area contributed by atoms with Gasteiger partial charge in [-0.25, -0.2) is 9.37 Å². The van der Waals surface area contributed by atoms with Crippen LogP contribution in [-0.2, 0) is 4.79 Å². The Morgan fingerprint density at radius 2 is 2.03 bits per heavy atom. The monoisotopic (exact) mass is 423 g/mol. The van der Waals surface area contributed by atoms with Crippen LogP contribution in [0.5, 0.6) is 0 Å². The molecule has 1 amide bonds. The fourth-order valence-electron chi connectivity index (χ4n) is 4.11. The van der Waals surface area contributed by atoms with Crippen LogP contribution in [0.25, 0.3) is 11.2 Å². The molecule has 2 aromatic rings. The van der Waals surface area contributed by atoms with E-state index < -0.39 is 5.82 Å². The van der Waals surface area contributed by atoms with Crippen molar-refractivity contribution in [3.63, 3.8) is 0 Å². The van der Waals surface area contributed by atoms with Gasteiger partial charge in [-0.3, -0.25) is 4.79 Å². The molecule has 4 heterocycles. The van der Waals surface area contributed by atoms with Crippen LogP contribution in [0.15, 0.2) is 48.6 Å². The highest BCUT2D eigenvalue weighted by atomic mass is 19.1. The number of likely N-dealkylation sites (N-methyl/N-ethyl adjacent to an activating group) is 1. The minimum atomic E-state index is -0.397. The third-order valence-corrected chi connectivity index (χ3v) is 6.26. The third-order valence-electron chi connectivity index (χ3n) is 6.26. The van der Waals surface area contributed by atoms with E-state index in [9.17, 15) is 9.18 Å². The molecule has 0 aliphatic carbocycles. The standard InChI is InChI=1S/C24H30FN5O/c1-16(20-11-22(25)24-26-17(2)12-29(24)14-20)10-23(31)30-15-21(7-6-18(30)3)28-9-8-27(5)19(4)13-28/h6-7,10-12,14-15,18-19H,8-9,13H2,1-5H3/b16-10+/t18?,19-/m0/s1. The minimum Gasteiger partial charge on any atom is -0.368 e. The van der Waals surface area contributed by atoms with Gasteiger partial charge in [0.05, 0.1) is 17.4 Å². The van der Waals surface area contributed by atoms with Gasteiger partial charge in [0.25, 0.3) is 5.91 Å². The van der Waals surface area contributed by atoms with Gasteiger partial charge in [-0.15, -0.1) is 0 Å². The van der Waals surface area contributed by atoms with Gasteiger partial charge >= 0.3 is 0 Å². The molecule has 1 unspecified atom stereocenters. The molecular weight excluding hydrogens is 393 g/mol. The Balaban J connectivity index is 1.57. The van der Waals surface area contributed by atoms with E-state index in [1.807, 2.05) is 33.2 Å². The van der Waals surface area contributed by atoms with Crippen LogP contribution in [0.1, 0.15) is 32.0 Å². The number of nitrogens with zero attached hydrogens (tertiary/aromatic N) is 5. The Hall–Kier alpha value is -2.93. The maximum absolute atomic E-state index is 14.5. The highest BCUT2D eigenvalue weighted by Gasteiger charge is 2.25. The largest absolute Gasteiger partial charge is 0.368 e. The second-order valence-corrected chi connectivity index (χ2v) is 8.69. The zero-order valence-electron chi connectivity index (χ0n) is 18.8. The molecule has 7 heteroatoms. The Morgan fingerprint density at radius 1 is 1.26 bits per heavy atom. The lowest BCUT2D eigenvalue weighted by atomic mass is 10.1. The maximum Gasteiger partial charge on any atom is 0.251 e. The number of halogens is 1. The topological polar surface area (TPSA) is 44.1 Å². The lowest BCUT2D eigenvalue weighted by Crippen LogP contribution is -2.50. The van der Waals surface area contributed by atoms with Crippen LogP contribution in [-0.4, -0.2) is 68.8 Å². The second kappa shape index (κ2) is 8.30. The van der Waals surface area contributed by atoms with Crippen molar-refractivity contribution in [2.24, 2.45) is 0 Å². The Bertz CT molecular complexity index is 1100. The molecule has 6 nitrogen and oxygen atoms in total. The first-order chi connectivity index (χ1) is 14.7. The molecule has 1 saturated heterocycles. The van der Waals surface area contributed by atoms with Crippen LogP contribution >= 0.6 is 0 Å². The summed E-state index contributed by atoms with van der Waals surface area (Å²) < 4.78 is 16.1. The van der Waals surface area contributed by atoms with Gasteiger partial charge in [-0.05, 0) is 58.0 Å². The van der Waals surface area contributed by atoms with Crippen LogP contribution in [0.4, 0.5) is 4.39 Å². The van der Waals surface area contributed by atoms with Gasteiger partial charge in [0, 0.05) is 50.3 Å². The molecule has 0 radical (unpaired) electrons. The third kappa shape index (κ3) is 4.28. The van der Waals surface area contributed by atoms with Crippen LogP contribution in [0.3, 0.4) is 0 Å². The summed E-state index contributed by atoms with van der Waals surface area (Å²) in [7, 11) is 2.14. The van der Waals surface area contributed by atoms with E-state index in [0.717, 1.165) is 31.0 Å². The number of carbonyl (C=O) groups is 1. The van der Waals surface area contributed by atoms with E-state index in [1.165, 1.54) is 6.07 Å². The molecule has 2 aromatic heterocycles. The number of allylic oxidation sites excluding steroid dienone is 2. The van der Waals surface area contributed by atoms with E-state index >= 15 is 0 Å². The van der Waals surface area contributed by atoms with Crippen molar-refractivity contribution >= 4 is 17.1 Å². The molecule has 164 valence electrons. The van der Waals surface area contributed by atoms with Gasteiger partial charge < -0.3 is 19.1 Å². The number of pyridine rings is 1.